The summed E-state index contributed by atoms with van der Waals surface area (Å²) >= 11 is 1.65. The Balaban J connectivity index is 1.43. The molecular formula is C20H26N4O2S. The number of amides is 1. The molecule has 2 aliphatic rings. The summed E-state index contributed by atoms with van der Waals surface area (Å²) < 4.78 is 0. The lowest BCUT2D eigenvalue weighted by Crippen LogP contribution is -2.56. The minimum Gasteiger partial charge on any atom is -0.396 e. The minimum atomic E-state index is 0.199. The van der Waals surface area contributed by atoms with Crippen LogP contribution in [0.4, 0.5) is 5.13 Å². The van der Waals surface area contributed by atoms with Crippen molar-refractivity contribution in [1.29, 1.82) is 0 Å². The molecule has 0 aliphatic carbocycles. The Kier molecular flexibility index (Phi) is 5.69. The second-order valence-corrected chi connectivity index (χ2v) is 8.33. The molecule has 2 aliphatic heterocycles. The van der Waals surface area contributed by atoms with Gasteiger partial charge in [-0.3, -0.25) is 4.79 Å². The van der Waals surface area contributed by atoms with Crippen LogP contribution >= 0.6 is 11.3 Å². The zero-order valence-corrected chi connectivity index (χ0v) is 16.3. The van der Waals surface area contributed by atoms with E-state index >= 15 is 0 Å². The SMILES string of the molecule is O=C1CC[C@H]2CN(c3nnc(-c4ccccc4)s3)CC[C@H]2N1CCCCO. The number of rotatable bonds is 6. The van der Waals surface area contributed by atoms with Gasteiger partial charge in [0.1, 0.15) is 5.01 Å². The number of aliphatic hydroxyl groups is 1. The molecule has 2 fully saturated rings. The summed E-state index contributed by atoms with van der Waals surface area (Å²) in [5.41, 5.74) is 1.11. The highest BCUT2D eigenvalue weighted by Crippen LogP contribution is 2.36. The van der Waals surface area contributed by atoms with Crippen molar-refractivity contribution in [3.05, 3.63) is 30.3 Å². The molecule has 1 aromatic heterocycles. The molecule has 3 heterocycles. The smallest absolute Gasteiger partial charge is 0.222 e. The van der Waals surface area contributed by atoms with Gasteiger partial charge in [0.2, 0.25) is 11.0 Å². The third-order valence-corrected chi connectivity index (χ3v) is 6.69. The highest BCUT2D eigenvalue weighted by atomic mass is 32.1. The Morgan fingerprint density at radius 3 is 2.81 bits per heavy atom. The minimum absolute atomic E-state index is 0.199. The topological polar surface area (TPSA) is 69.6 Å². The van der Waals surface area contributed by atoms with Gasteiger partial charge in [-0.2, -0.15) is 0 Å². The molecule has 6 nitrogen and oxygen atoms in total. The molecule has 1 amide bonds. The summed E-state index contributed by atoms with van der Waals surface area (Å²) in [7, 11) is 0. The Morgan fingerprint density at radius 1 is 1.15 bits per heavy atom. The normalized spacial score (nSPS) is 22.8. The molecule has 1 N–H and O–H groups in total. The average Bonchev–Trinajstić information content (AvgIpc) is 3.20. The van der Waals surface area contributed by atoms with E-state index in [2.05, 4.69) is 32.1 Å². The van der Waals surface area contributed by atoms with Crippen molar-refractivity contribution < 1.29 is 9.90 Å². The monoisotopic (exact) mass is 386 g/mol. The summed E-state index contributed by atoms with van der Waals surface area (Å²) in [6.45, 7) is 2.83. The van der Waals surface area contributed by atoms with Gasteiger partial charge in [0.05, 0.1) is 0 Å². The van der Waals surface area contributed by atoms with Crippen LogP contribution in [0, 0.1) is 5.92 Å². The third kappa shape index (κ3) is 3.99. The van der Waals surface area contributed by atoms with Crippen LogP contribution in [0.2, 0.25) is 0 Å². The number of carbonyl (C=O) groups is 1. The lowest BCUT2D eigenvalue weighted by molar-refractivity contribution is -0.139. The first kappa shape index (κ1) is 18.4. The van der Waals surface area contributed by atoms with Crippen LogP contribution < -0.4 is 4.90 Å². The van der Waals surface area contributed by atoms with E-state index in [-0.39, 0.29) is 12.5 Å². The van der Waals surface area contributed by atoms with E-state index in [4.69, 9.17) is 5.11 Å². The molecule has 2 aromatic rings. The predicted molar refractivity (Wildman–Crippen MR) is 107 cm³/mol. The van der Waals surface area contributed by atoms with E-state index in [1.54, 1.807) is 11.3 Å². The summed E-state index contributed by atoms with van der Waals surface area (Å²) in [6.07, 6.45) is 4.22. The molecule has 0 bridgehead atoms. The van der Waals surface area contributed by atoms with Crippen LogP contribution in [-0.4, -0.2) is 58.4 Å². The maximum atomic E-state index is 12.4. The van der Waals surface area contributed by atoms with Crippen molar-refractivity contribution in [3.63, 3.8) is 0 Å². The number of hydrogen-bond acceptors (Lipinski definition) is 6. The molecule has 144 valence electrons. The lowest BCUT2D eigenvalue weighted by atomic mass is 9.83. The second kappa shape index (κ2) is 8.35. The van der Waals surface area contributed by atoms with Crippen LogP contribution in [0.1, 0.15) is 32.1 Å². The first-order chi connectivity index (χ1) is 13.3. The number of likely N-dealkylation sites (tertiary alicyclic amines) is 1. The summed E-state index contributed by atoms with van der Waals surface area (Å²) in [5, 5.41) is 19.8. The Bertz CT molecular complexity index is 766. The van der Waals surface area contributed by atoms with Gasteiger partial charge in [-0.05, 0) is 31.6 Å². The Labute approximate surface area is 163 Å². The standard InChI is InChI=1S/C20H26N4O2S/c25-13-5-4-11-24-17-10-12-23(14-16(17)8-9-18(24)26)20-22-21-19(27-20)15-6-2-1-3-7-15/h1-3,6-7,16-17,25H,4-5,8-14H2/t16-,17+/m0/s1. The molecule has 4 rings (SSSR count). The molecule has 0 spiro atoms. The number of carbonyl (C=O) groups excluding carboxylic acids is 1. The Morgan fingerprint density at radius 2 is 2.00 bits per heavy atom. The van der Waals surface area contributed by atoms with Crippen LogP contribution in [0.15, 0.2) is 30.3 Å². The molecule has 0 radical (unpaired) electrons. The highest BCUT2D eigenvalue weighted by Gasteiger charge is 2.39. The molecule has 27 heavy (non-hydrogen) atoms. The van der Waals surface area contributed by atoms with Crippen molar-refractivity contribution in [2.75, 3.05) is 31.1 Å². The first-order valence-corrected chi connectivity index (χ1v) is 10.6. The number of unbranched alkanes of at least 4 members (excludes halogenated alkanes) is 1. The van der Waals surface area contributed by atoms with E-state index in [0.29, 0.717) is 18.4 Å². The summed E-state index contributed by atoms with van der Waals surface area (Å²) in [5.74, 6) is 0.777. The van der Waals surface area contributed by atoms with Gasteiger partial charge >= 0.3 is 0 Å². The maximum Gasteiger partial charge on any atom is 0.222 e. The van der Waals surface area contributed by atoms with Gasteiger partial charge in [0.25, 0.3) is 0 Å². The van der Waals surface area contributed by atoms with E-state index in [9.17, 15) is 4.79 Å². The zero-order chi connectivity index (χ0) is 18.6. The fourth-order valence-corrected chi connectivity index (χ4v) is 5.14. The number of hydrogen-bond donors (Lipinski definition) is 1. The van der Waals surface area contributed by atoms with Gasteiger partial charge in [-0.1, -0.05) is 41.7 Å². The fourth-order valence-electron chi connectivity index (χ4n) is 4.25. The number of nitrogens with zero attached hydrogens (tertiary/aromatic N) is 4. The lowest BCUT2D eigenvalue weighted by Gasteiger charge is -2.47. The number of benzene rings is 1. The molecular weight excluding hydrogens is 360 g/mol. The van der Waals surface area contributed by atoms with Gasteiger partial charge in [-0.25, -0.2) is 0 Å². The molecule has 2 saturated heterocycles. The van der Waals surface area contributed by atoms with Gasteiger partial charge in [0, 0.05) is 44.3 Å². The van der Waals surface area contributed by atoms with Crippen molar-refractivity contribution in [3.8, 4) is 10.6 Å². The largest absolute Gasteiger partial charge is 0.396 e. The highest BCUT2D eigenvalue weighted by molar-refractivity contribution is 7.18. The average molecular weight is 387 g/mol. The van der Waals surface area contributed by atoms with Crippen LogP contribution in [0.3, 0.4) is 0 Å². The maximum absolute atomic E-state index is 12.4. The second-order valence-electron chi connectivity index (χ2n) is 7.37. The van der Waals surface area contributed by atoms with Crippen LogP contribution in [0.25, 0.3) is 10.6 Å². The van der Waals surface area contributed by atoms with E-state index < -0.39 is 0 Å². The van der Waals surface area contributed by atoms with E-state index in [1.165, 1.54) is 0 Å². The fraction of sp³-hybridized carbons (Fsp3) is 0.550. The zero-order valence-electron chi connectivity index (χ0n) is 15.5. The molecule has 2 atom stereocenters. The number of aromatic nitrogens is 2. The number of piperidine rings is 2. The number of fused-ring (bicyclic) bond motifs is 1. The summed E-state index contributed by atoms with van der Waals surface area (Å²) in [6, 6.07) is 10.5. The number of aliphatic hydroxyl groups excluding tert-OH is 1. The molecule has 0 saturated carbocycles. The molecule has 0 unspecified atom stereocenters. The molecule has 7 heteroatoms. The van der Waals surface area contributed by atoms with Crippen LogP contribution in [-0.2, 0) is 4.79 Å². The first-order valence-electron chi connectivity index (χ1n) is 9.80. The van der Waals surface area contributed by atoms with E-state index in [1.807, 2.05) is 18.2 Å². The van der Waals surface area contributed by atoms with Crippen molar-refractivity contribution in [2.24, 2.45) is 5.92 Å². The molecule has 1 aromatic carbocycles. The van der Waals surface area contributed by atoms with Crippen molar-refractivity contribution in [2.45, 2.75) is 38.1 Å². The number of anilines is 1. The van der Waals surface area contributed by atoms with Gasteiger partial charge < -0.3 is 14.9 Å². The van der Waals surface area contributed by atoms with Crippen LogP contribution in [0.5, 0.6) is 0 Å². The quantitative estimate of drug-likeness (QED) is 0.773. The predicted octanol–water partition coefficient (Wildman–Crippen LogP) is 2.79. The van der Waals surface area contributed by atoms with Gasteiger partial charge in [0.15, 0.2) is 0 Å². The Hall–Kier alpha value is -1.99. The summed E-state index contributed by atoms with van der Waals surface area (Å²) in [4.78, 5) is 16.8. The van der Waals surface area contributed by atoms with Gasteiger partial charge in [-0.15, -0.1) is 10.2 Å². The van der Waals surface area contributed by atoms with E-state index in [0.717, 1.165) is 61.0 Å². The van der Waals surface area contributed by atoms with Crippen molar-refractivity contribution in [1.82, 2.24) is 15.1 Å². The van der Waals surface area contributed by atoms with Crippen molar-refractivity contribution >= 4 is 22.4 Å². The third-order valence-electron chi connectivity index (χ3n) is 5.66.